The highest BCUT2D eigenvalue weighted by Gasteiger charge is 2.39. The fraction of sp³-hybridized carbons (Fsp3) is 0.800. The second-order valence-corrected chi connectivity index (χ2v) is 4.01. The van der Waals surface area contributed by atoms with E-state index in [1.165, 1.54) is 0 Å². The van der Waals surface area contributed by atoms with Gasteiger partial charge in [-0.2, -0.15) is 0 Å². The molecule has 2 amide bonds. The first-order chi connectivity index (χ1) is 7.10. The van der Waals surface area contributed by atoms with Gasteiger partial charge in [0.05, 0.1) is 12.1 Å². The number of carbonyl (C=O) groups excluding carboxylic acids is 2. The van der Waals surface area contributed by atoms with Crippen molar-refractivity contribution in [3.63, 3.8) is 0 Å². The Morgan fingerprint density at radius 2 is 2.27 bits per heavy atom. The summed E-state index contributed by atoms with van der Waals surface area (Å²) in [5.41, 5.74) is 4.51. The Morgan fingerprint density at radius 3 is 2.73 bits per heavy atom. The fourth-order valence-electron chi connectivity index (χ4n) is 2.09. The Morgan fingerprint density at radius 1 is 1.53 bits per heavy atom. The summed E-state index contributed by atoms with van der Waals surface area (Å²) < 4.78 is 0. The molecular formula is C10H19N3O2. The molecule has 0 aliphatic carbocycles. The van der Waals surface area contributed by atoms with Crippen molar-refractivity contribution in [1.29, 1.82) is 0 Å². The van der Waals surface area contributed by atoms with Gasteiger partial charge in [0, 0.05) is 0 Å². The largest absolute Gasteiger partial charge is 0.368 e. The number of hydrogen-bond acceptors (Lipinski definition) is 3. The molecule has 0 saturated carbocycles. The van der Waals surface area contributed by atoms with E-state index >= 15 is 0 Å². The quantitative estimate of drug-likeness (QED) is 0.576. The van der Waals surface area contributed by atoms with E-state index < -0.39 is 11.4 Å². The van der Waals surface area contributed by atoms with Gasteiger partial charge in [-0.3, -0.25) is 9.59 Å². The van der Waals surface area contributed by atoms with Crippen LogP contribution in [0, 0.1) is 0 Å². The predicted octanol–water partition coefficient (Wildman–Crippen LogP) is -0.490. The van der Waals surface area contributed by atoms with E-state index in [0.29, 0.717) is 0 Å². The van der Waals surface area contributed by atoms with Gasteiger partial charge >= 0.3 is 0 Å². The summed E-state index contributed by atoms with van der Waals surface area (Å²) in [6.07, 6.45) is 3.59. The van der Waals surface area contributed by atoms with Crippen LogP contribution in [-0.2, 0) is 9.59 Å². The Labute approximate surface area is 89.8 Å². The number of carbonyl (C=O) groups is 2. The van der Waals surface area contributed by atoms with E-state index in [0.717, 1.165) is 32.2 Å². The average Bonchev–Trinajstić information content (AvgIpc) is 2.64. The SMILES string of the molecule is CCCC1(C(=O)NCC(N)=O)CCCN1. The van der Waals surface area contributed by atoms with Gasteiger partial charge in [-0.1, -0.05) is 13.3 Å². The van der Waals surface area contributed by atoms with Gasteiger partial charge in [-0.25, -0.2) is 0 Å². The lowest BCUT2D eigenvalue weighted by atomic mass is 9.91. The highest BCUT2D eigenvalue weighted by atomic mass is 16.2. The topological polar surface area (TPSA) is 84.2 Å². The Kier molecular flexibility index (Phi) is 4.08. The molecule has 0 bridgehead atoms. The smallest absolute Gasteiger partial charge is 0.240 e. The second kappa shape index (κ2) is 5.11. The highest BCUT2D eigenvalue weighted by Crippen LogP contribution is 2.24. The van der Waals surface area contributed by atoms with Crippen LogP contribution in [0.2, 0.25) is 0 Å². The molecule has 1 fully saturated rings. The van der Waals surface area contributed by atoms with Gasteiger partial charge in [0.25, 0.3) is 0 Å². The summed E-state index contributed by atoms with van der Waals surface area (Å²) in [5, 5.41) is 5.80. The molecule has 1 rings (SSSR count). The number of nitrogens with two attached hydrogens (primary N) is 1. The molecule has 1 aliphatic heterocycles. The maximum absolute atomic E-state index is 11.9. The van der Waals surface area contributed by atoms with E-state index in [2.05, 4.69) is 10.6 Å². The zero-order chi connectivity index (χ0) is 11.3. The number of hydrogen-bond donors (Lipinski definition) is 3. The molecule has 1 unspecified atom stereocenters. The summed E-state index contributed by atoms with van der Waals surface area (Å²) >= 11 is 0. The van der Waals surface area contributed by atoms with Crippen LogP contribution >= 0.6 is 0 Å². The molecule has 0 radical (unpaired) electrons. The van der Waals surface area contributed by atoms with Crippen LogP contribution in [0.4, 0.5) is 0 Å². The minimum atomic E-state index is -0.506. The van der Waals surface area contributed by atoms with Gasteiger partial charge in [0.2, 0.25) is 11.8 Å². The van der Waals surface area contributed by atoms with Crippen LogP contribution in [0.5, 0.6) is 0 Å². The van der Waals surface area contributed by atoms with Crippen molar-refractivity contribution < 1.29 is 9.59 Å². The number of amides is 2. The van der Waals surface area contributed by atoms with Crippen molar-refractivity contribution >= 4 is 11.8 Å². The molecule has 15 heavy (non-hydrogen) atoms. The Hall–Kier alpha value is -1.10. The molecular weight excluding hydrogens is 194 g/mol. The predicted molar refractivity (Wildman–Crippen MR) is 57.1 cm³/mol. The molecule has 1 saturated heterocycles. The lowest BCUT2D eigenvalue weighted by molar-refractivity contribution is -0.129. The first-order valence-corrected chi connectivity index (χ1v) is 5.42. The maximum atomic E-state index is 11.9. The van der Waals surface area contributed by atoms with Crippen molar-refractivity contribution in [3.05, 3.63) is 0 Å². The van der Waals surface area contributed by atoms with E-state index in [1.54, 1.807) is 0 Å². The van der Waals surface area contributed by atoms with E-state index in [4.69, 9.17) is 5.73 Å². The number of rotatable bonds is 5. The fourth-order valence-corrected chi connectivity index (χ4v) is 2.09. The Bertz CT molecular complexity index is 247. The third-order valence-electron chi connectivity index (χ3n) is 2.78. The van der Waals surface area contributed by atoms with E-state index in [-0.39, 0.29) is 12.5 Å². The van der Waals surface area contributed by atoms with Gasteiger partial charge in [0.15, 0.2) is 0 Å². The molecule has 86 valence electrons. The molecule has 5 nitrogen and oxygen atoms in total. The number of primary amides is 1. The lowest BCUT2D eigenvalue weighted by Gasteiger charge is -2.27. The second-order valence-electron chi connectivity index (χ2n) is 4.01. The Balaban J connectivity index is 2.55. The molecule has 0 aromatic rings. The zero-order valence-electron chi connectivity index (χ0n) is 9.14. The third-order valence-corrected chi connectivity index (χ3v) is 2.78. The monoisotopic (exact) mass is 213 g/mol. The highest BCUT2D eigenvalue weighted by molar-refractivity contribution is 5.90. The molecule has 1 atom stereocenters. The number of nitrogens with one attached hydrogen (secondary N) is 2. The molecule has 1 heterocycles. The van der Waals surface area contributed by atoms with Gasteiger partial charge in [-0.05, 0) is 25.8 Å². The van der Waals surface area contributed by atoms with Crippen LogP contribution in [0.15, 0.2) is 0 Å². The van der Waals surface area contributed by atoms with Crippen molar-refractivity contribution in [2.75, 3.05) is 13.1 Å². The molecule has 0 aromatic carbocycles. The van der Waals surface area contributed by atoms with Crippen molar-refractivity contribution in [2.45, 2.75) is 38.1 Å². The normalized spacial score (nSPS) is 25.1. The summed E-state index contributed by atoms with van der Waals surface area (Å²) in [4.78, 5) is 22.4. The summed E-state index contributed by atoms with van der Waals surface area (Å²) in [7, 11) is 0. The molecule has 0 spiro atoms. The van der Waals surface area contributed by atoms with Crippen LogP contribution in [0.25, 0.3) is 0 Å². The van der Waals surface area contributed by atoms with Gasteiger partial charge < -0.3 is 16.4 Å². The van der Waals surface area contributed by atoms with Crippen LogP contribution in [0.1, 0.15) is 32.6 Å². The zero-order valence-corrected chi connectivity index (χ0v) is 9.14. The molecule has 1 aliphatic rings. The van der Waals surface area contributed by atoms with Crippen molar-refractivity contribution in [1.82, 2.24) is 10.6 Å². The van der Waals surface area contributed by atoms with Gasteiger partial charge in [-0.15, -0.1) is 0 Å². The average molecular weight is 213 g/mol. The maximum Gasteiger partial charge on any atom is 0.240 e. The molecule has 4 N–H and O–H groups in total. The van der Waals surface area contributed by atoms with Crippen LogP contribution < -0.4 is 16.4 Å². The van der Waals surface area contributed by atoms with E-state index in [1.807, 2.05) is 6.92 Å². The van der Waals surface area contributed by atoms with E-state index in [9.17, 15) is 9.59 Å². The first-order valence-electron chi connectivity index (χ1n) is 5.42. The van der Waals surface area contributed by atoms with Crippen molar-refractivity contribution in [3.8, 4) is 0 Å². The van der Waals surface area contributed by atoms with Gasteiger partial charge in [0.1, 0.15) is 0 Å². The summed E-state index contributed by atoms with van der Waals surface area (Å²) in [5.74, 6) is -0.603. The molecule has 0 aromatic heterocycles. The summed E-state index contributed by atoms with van der Waals surface area (Å²) in [6.45, 7) is 2.83. The summed E-state index contributed by atoms with van der Waals surface area (Å²) in [6, 6.07) is 0. The van der Waals surface area contributed by atoms with Crippen LogP contribution in [0.3, 0.4) is 0 Å². The molecule has 5 heteroatoms. The first kappa shape index (κ1) is 12.0. The standard InChI is InChI=1S/C10H19N3O2/c1-2-4-10(5-3-6-13-10)9(15)12-7-8(11)14/h13H,2-7H2,1H3,(H2,11,14)(H,12,15). The minimum Gasteiger partial charge on any atom is -0.368 e. The lowest BCUT2D eigenvalue weighted by Crippen LogP contribution is -2.54. The minimum absolute atomic E-state index is 0.0774. The third kappa shape index (κ3) is 2.92. The van der Waals surface area contributed by atoms with Crippen LogP contribution in [-0.4, -0.2) is 30.4 Å². The van der Waals surface area contributed by atoms with Crippen molar-refractivity contribution in [2.24, 2.45) is 5.73 Å².